The number of carbonyl (C=O) groups excluding carboxylic acids is 2. The molecule has 2 amide bonds. The number of carbonyl (C=O) groups is 3. The van der Waals surface area contributed by atoms with Crippen molar-refractivity contribution in [3.05, 3.63) is 29.8 Å². The fourth-order valence-corrected chi connectivity index (χ4v) is 2.74. The number of hydrogen-bond donors (Lipinski definition) is 3. The van der Waals surface area contributed by atoms with Gasteiger partial charge in [0.15, 0.2) is 6.61 Å². The number of primary amides is 1. The molecule has 1 aromatic carbocycles. The molecule has 0 aliphatic heterocycles. The third-order valence-electron chi connectivity index (χ3n) is 3.93. The number of carboxylic acid groups (broad SMARTS) is 1. The van der Waals surface area contributed by atoms with E-state index in [1.807, 2.05) is 0 Å². The van der Waals surface area contributed by atoms with Gasteiger partial charge in [-0.3, -0.25) is 9.59 Å². The maximum atomic E-state index is 12.3. The molecule has 0 radical (unpaired) electrons. The molecule has 7 nitrogen and oxygen atoms in total. The zero-order valence-corrected chi connectivity index (χ0v) is 12.7. The Bertz CT molecular complexity index is 585. The lowest BCUT2D eigenvalue weighted by molar-refractivity contribution is -0.139. The first-order valence-electron chi connectivity index (χ1n) is 7.52. The van der Waals surface area contributed by atoms with Crippen LogP contribution in [-0.2, 0) is 9.59 Å². The number of rotatable bonds is 6. The summed E-state index contributed by atoms with van der Waals surface area (Å²) in [6.45, 7) is -0.437. The summed E-state index contributed by atoms with van der Waals surface area (Å²) in [6.07, 6.45) is 3.33. The van der Waals surface area contributed by atoms with Gasteiger partial charge in [-0.05, 0) is 37.1 Å². The Balaban J connectivity index is 1.97. The van der Waals surface area contributed by atoms with Crippen LogP contribution >= 0.6 is 0 Å². The number of nitrogens with one attached hydrogen (secondary N) is 1. The van der Waals surface area contributed by atoms with Gasteiger partial charge in [-0.1, -0.05) is 12.8 Å². The second-order valence-corrected chi connectivity index (χ2v) is 5.58. The Labute approximate surface area is 133 Å². The first kappa shape index (κ1) is 16.8. The van der Waals surface area contributed by atoms with Crippen molar-refractivity contribution in [1.82, 2.24) is 5.32 Å². The third-order valence-corrected chi connectivity index (χ3v) is 3.93. The van der Waals surface area contributed by atoms with Crippen LogP contribution in [0.3, 0.4) is 0 Å². The van der Waals surface area contributed by atoms with E-state index in [9.17, 15) is 14.4 Å². The van der Waals surface area contributed by atoms with Gasteiger partial charge in [-0.2, -0.15) is 0 Å². The van der Waals surface area contributed by atoms with Gasteiger partial charge in [0.05, 0.1) is 5.92 Å². The van der Waals surface area contributed by atoms with E-state index in [1.165, 1.54) is 12.1 Å². The van der Waals surface area contributed by atoms with E-state index in [0.717, 1.165) is 19.3 Å². The number of nitrogens with two attached hydrogens (primary N) is 1. The lowest BCUT2D eigenvalue weighted by Gasteiger charge is -2.30. The zero-order chi connectivity index (χ0) is 16.8. The molecule has 1 aromatic rings. The second kappa shape index (κ2) is 7.62. The number of aliphatic carboxylic acids is 1. The molecule has 0 saturated heterocycles. The molecule has 23 heavy (non-hydrogen) atoms. The van der Waals surface area contributed by atoms with Crippen molar-refractivity contribution in [2.24, 2.45) is 11.7 Å². The summed E-state index contributed by atoms with van der Waals surface area (Å²) < 4.78 is 5.01. The monoisotopic (exact) mass is 320 g/mol. The number of amides is 2. The van der Waals surface area contributed by atoms with E-state index in [1.54, 1.807) is 12.1 Å². The van der Waals surface area contributed by atoms with Crippen LogP contribution in [0.15, 0.2) is 24.3 Å². The maximum Gasteiger partial charge on any atom is 0.341 e. The highest BCUT2D eigenvalue weighted by Gasteiger charge is 2.30. The third kappa shape index (κ3) is 4.70. The largest absolute Gasteiger partial charge is 0.482 e. The zero-order valence-electron chi connectivity index (χ0n) is 12.7. The Hall–Kier alpha value is -2.57. The molecule has 1 saturated carbocycles. The minimum atomic E-state index is -1.07. The summed E-state index contributed by atoms with van der Waals surface area (Å²) in [6, 6.07) is 5.93. The van der Waals surface area contributed by atoms with Crippen molar-refractivity contribution in [3.8, 4) is 5.75 Å². The fraction of sp³-hybridized carbons (Fsp3) is 0.438. The van der Waals surface area contributed by atoms with Gasteiger partial charge >= 0.3 is 5.97 Å². The molecule has 2 atom stereocenters. The molecule has 0 bridgehead atoms. The Kier molecular flexibility index (Phi) is 5.56. The van der Waals surface area contributed by atoms with E-state index in [-0.39, 0.29) is 23.8 Å². The van der Waals surface area contributed by atoms with Crippen molar-refractivity contribution < 1.29 is 24.2 Å². The van der Waals surface area contributed by atoms with Gasteiger partial charge < -0.3 is 20.9 Å². The predicted molar refractivity (Wildman–Crippen MR) is 82.0 cm³/mol. The molecule has 1 fully saturated rings. The normalized spacial score (nSPS) is 20.5. The summed E-state index contributed by atoms with van der Waals surface area (Å²) in [5, 5.41) is 11.4. The summed E-state index contributed by atoms with van der Waals surface area (Å²) in [5.74, 6) is -1.69. The molecular weight excluding hydrogens is 300 g/mol. The molecule has 2 rings (SSSR count). The molecule has 1 aliphatic rings. The van der Waals surface area contributed by atoms with Crippen LogP contribution in [0.4, 0.5) is 0 Å². The van der Waals surface area contributed by atoms with Crippen LogP contribution in [0.5, 0.6) is 5.75 Å². The molecule has 0 aromatic heterocycles. The summed E-state index contributed by atoms with van der Waals surface area (Å²) in [5.41, 5.74) is 5.81. The van der Waals surface area contributed by atoms with E-state index in [4.69, 9.17) is 15.6 Å². The molecule has 1 aliphatic carbocycles. The highest BCUT2D eigenvalue weighted by molar-refractivity contribution is 5.95. The van der Waals surface area contributed by atoms with E-state index in [0.29, 0.717) is 17.7 Å². The van der Waals surface area contributed by atoms with E-state index < -0.39 is 12.6 Å². The minimum Gasteiger partial charge on any atom is -0.482 e. The highest BCUT2D eigenvalue weighted by atomic mass is 16.5. The topological polar surface area (TPSA) is 119 Å². The smallest absolute Gasteiger partial charge is 0.341 e. The van der Waals surface area contributed by atoms with Gasteiger partial charge in [0.2, 0.25) is 5.91 Å². The average Bonchev–Trinajstić information content (AvgIpc) is 2.53. The summed E-state index contributed by atoms with van der Waals surface area (Å²) in [7, 11) is 0. The Morgan fingerprint density at radius 3 is 2.43 bits per heavy atom. The number of carboxylic acids is 1. The average molecular weight is 320 g/mol. The first-order chi connectivity index (χ1) is 11.0. The van der Waals surface area contributed by atoms with Gasteiger partial charge in [-0.25, -0.2) is 4.79 Å². The van der Waals surface area contributed by atoms with Crippen molar-refractivity contribution in [2.75, 3.05) is 6.61 Å². The quantitative estimate of drug-likeness (QED) is 0.720. The van der Waals surface area contributed by atoms with Gasteiger partial charge in [0, 0.05) is 11.6 Å². The molecule has 124 valence electrons. The van der Waals surface area contributed by atoms with Crippen LogP contribution in [0.25, 0.3) is 0 Å². The molecule has 0 heterocycles. The molecule has 2 unspecified atom stereocenters. The Morgan fingerprint density at radius 2 is 1.83 bits per heavy atom. The molecular formula is C16H20N2O5. The SMILES string of the molecule is NC(=O)C1CCCCC1NC(=O)c1ccc(OCC(=O)O)cc1. The number of benzene rings is 1. The number of hydrogen-bond acceptors (Lipinski definition) is 4. The van der Waals surface area contributed by atoms with Crippen molar-refractivity contribution in [1.29, 1.82) is 0 Å². The minimum absolute atomic E-state index is 0.239. The predicted octanol–water partition coefficient (Wildman–Crippen LogP) is 0.924. The van der Waals surface area contributed by atoms with Crippen LogP contribution < -0.4 is 15.8 Å². The van der Waals surface area contributed by atoms with Gasteiger partial charge in [-0.15, -0.1) is 0 Å². The lowest BCUT2D eigenvalue weighted by Crippen LogP contribution is -2.47. The van der Waals surface area contributed by atoms with Crippen LogP contribution in [0.1, 0.15) is 36.0 Å². The molecule has 0 spiro atoms. The highest BCUT2D eigenvalue weighted by Crippen LogP contribution is 2.24. The van der Waals surface area contributed by atoms with Crippen LogP contribution in [0, 0.1) is 5.92 Å². The van der Waals surface area contributed by atoms with Crippen molar-refractivity contribution in [2.45, 2.75) is 31.7 Å². The van der Waals surface area contributed by atoms with Gasteiger partial charge in [0.25, 0.3) is 5.91 Å². The summed E-state index contributed by atoms with van der Waals surface area (Å²) >= 11 is 0. The van der Waals surface area contributed by atoms with E-state index in [2.05, 4.69) is 5.32 Å². The maximum absolute atomic E-state index is 12.3. The van der Waals surface area contributed by atoms with Crippen molar-refractivity contribution >= 4 is 17.8 Å². The van der Waals surface area contributed by atoms with Crippen LogP contribution in [-0.4, -0.2) is 35.5 Å². The second-order valence-electron chi connectivity index (χ2n) is 5.58. The number of ether oxygens (including phenoxy) is 1. The standard InChI is InChI=1S/C16H20N2O5/c17-15(21)12-3-1-2-4-13(12)18-16(22)10-5-7-11(8-6-10)23-9-14(19)20/h5-8,12-13H,1-4,9H2,(H2,17,21)(H,18,22)(H,19,20). The fourth-order valence-electron chi connectivity index (χ4n) is 2.74. The van der Waals surface area contributed by atoms with E-state index >= 15 is 0 Å². The van der Waals surface area contributed by atoms with Crippen LogP contribution in [0.2, 0.25) is 0 Å². The lowest BCUT2D eigenvalue weighted by atomic mass is 9.84. The first-order valence-corrected chi connectivity index (χ1v) is 7.52. The Morgan fingerprint density at radius 1 is 1.17 bits per heavy atom. The van der Waals surface area contributed by atoms with Crippen molar-refractivity contribution in [3.63, 3.8) is 0 Å². The van der Waals surface area contributed by atoms with Gasteiger partial charge in [0.1, 0.15) is 5.75 Å². The summed E-state index contributed by atoms with van der Waals surface area (Å²) in [4.78, 5) is 34.1. The molecule has 7 heteroatoms. The molecule has 4 N–H and O–H groups in total.